The Bertz CT molecular complexity index is 323. The fourth-order valence-corrected chi connectivity index (χ4v) is 1.59. The summed E-state index contributed by atoms with van der Waals surface area (Å²) in [6.07, 6.45) is -0.810. The van der Waals surface area contributed by atoms with E-state index < -0.39 is 33.7 Å². The van der Waals surface area contributed by atoms with E-state index in [1.807, 2.05) is 0 Å². The molecular weight excluding hydrogens is 254 g/mol. The molecule has 0 radical (unpaired) electrons. The normalized spacial score (nSPS) is 13.1. The lowest BCUT2D eigenvalue weighted by Gasteiger charge is -2.09. The number of hydrogen-bond donors (Lipinski definition) is 1. The average Bonchev–Trinajstić information content (AvgIpc) is 2.10. The van der Waals surface area contributed by atoms with Gasteiger partial charge in [-0.1, -0.05) is 0 Å². The zero-order chi connectivity index (χ0) is 11.4. The van der Waals surface area contributed by atoms with E-state index in [4.69, 9.17) is 4.55 Å². The average molecular weight is 262 g/mol. The van der Waals surface area contributed by atoms with Gasteiger partial charge in [0.2, 0.25) is 0 Å². The topological polar surface area (TPSA) is 107 Å². The van der Waals surface area contributed by atoms with Crippen LogP contribution >= 0.6 is 18.9 Å². The summed E-state index contributed by atoms with van der Waals surface area (Å²) >= 11 is 0. The largest absolute Gasteiger partial charge is 0.451 e. The molecule has 0 aromatic heterocycles. The maximum absolute atomic E-state index is 10.8. The van der Waals surface area contributed by atoms with Crippen molar-refractivity contribution in [2.75, 3.05) is 0 Å². The van der Waals surface area contributed by atoms with E-state index in [-0.39, 0.29) is 0 Å². The maximum Gasteiger partial charge on any atom is 0.329 e. The maximum atomic E-state index is 10.8. The van der Waals surface area contributed by atoms with Gasteiger partial charge >= 0.3 is 11.9 Å². The van der Waals surface area contributed by atoms with E-state index in [1.54, 1.807) is 9.47 Å². The Morgan fingerprint density at radius 3 is 2.07 bits per heavy atom. The van der Waals surface area contributed by atoms with Crippen LogP contribution in [0, 0.1) is 0 Å². The molecule has 82 valence electrons. The van der Waals surface area contributed by atoms with Crippen LogP contribution in [-0.4, -0.2) is 30.2 Å². The summed E-state index contributed by atoms with van der Waals surface area (Å²) in [7, 11) is -1.57. The molecule has 0 saturated carbocycles. The Kier molecular flexibility index (Phi) is 5.44. The summed E-state index contributed by atoms with van der Waals surface area (Å²) < 4.78 is 37.9. The molecule has 3 unspecified atom stereocenters. The van der Waals surface area contributed by atoms with Gasteiger partial charge in [0.25, 0.3) is 10.1 Å². The molecule has 0 bridgehead atoms. The molecule has 0 fully saturated rings. The van der Waals surface area contributed by atoms with Crippen molar-refractivity contribution in [2.24, 2.45) is 0 Å². The van der Waals surface area contributed by atoms with Crippen molar-refractivity contribution < 1.29 is 31.6 Å². The molecule has 7 nitrogen and oxygen atoms in total. The van der Waals surface area contributed by atoms with Crippen molar-refractivity contribution in [3.63, 3.8) is 0 Å². The fraction of sp³-hybridized carbons (Fsp3) is 0.500. The number of carbonyl (C=O) groups is 2. The lowest BCUT2D eigenvalue weighted by Crippen LogP contribution is -2.32. The van der Waals surface area contributed by atoms with Crippen LogP contribution in [0.3, 0.4) is 0 Å². The molecule has 0 aliphatic carbocycles. The summed E-state index contributed by atoms with van der Waals surface area (Å²) in [4.78, 5) is 21.5. The van der Waals surface area contributed by atoms with Crippen molar-refractivity contribution >= 4 is 41.0 Å². The van der Waals surface area contributed by atoms with E-state index in [0.29, 0.717) is 0 Å². The van der Waals surface area contributed by atoms with Crippen LogP contribution in [0.5, 0.6) is 0 Å². The number of carbonyl (C=O) groups excluding carboxylic acids is 2. The first-order valence-corrected chi connectivity index (χ1v) is 5.54. The van der Waals surface area contributed by atoms with Crippen molar-refractivity contribution in [3.8, 4) is 0 Å². The van der Waals surface area contributed by atoms with Crippen LogP contribution in [0.25, 0.3) is 0 Å². The van der Waals surface area contributed by atoms with E-state index in [1.165, 1.54) is 9.47 Å². The molecule has 0 rings (SSSR count). The molecular formula is C4H8O7P2S. The molecule has 0 aliphatic rings. The number of hydrogen-bond acceptors (Lipinski definition) is 6. The second-order valence-corrected chi connectivity index (χ2v) is 4.20. The summed E-state index contributed by atoms with van der Waals surface area (Å²) in [5, 5.41) is -1.96. The van der Waals surface area contributed by atoms with Crippen LogP contribution < -0.4 is 0 Å². The van der Waals surface area contributed by atoms with Gasteiger partial charge < -0.3 is 9.05 Å². The highest BCUT2D eigenvalue weighted by molar-refractivity contribution is 7.87. The van der Waals surface area contributed by atoms with Gasteiger partial charge in [0.1, 0.15) is 0 Å². The Morgan fingerprint density at radius 1 is 1.29 bits per heavy atom. The zero-order valence-electron chi connectivity index (χ0n) is 6.74. The van der Waals surface area contributed by atoms with Crippen molar-refractivity contribution in [1.29, 1.82) is 0 Å². The van der Waals surface area contributed by atoms with Crippen LogP contribution in [0.2, 0.25) is 0 Å². The van der Waals surface area contributed by atoms with E-state index >= 15 is 0 Å². The summed E-state index contributed by atoms with van der Waals surface area (Å²) in [5.41, 5.74) is 0. The first-order chi connectivity index (χ1) is 6.32. The lowest BCUT2D eigenvalue weighted by molar-refractivity contribution is -0.139. The van der Waals surface area contributed by atoms with Crippen molar-refractivity contribution in [3.05, 3.63) is 0 Å². The first-order valence-electron chi connectivity index (χ1n) is 3.09. The smallest absolute Gasteiger partial charge is 0.329 e. The third-order valence-electron chi connectivity index (χ3n) is 1.22. The molecule has 14 heavy (non-hydrogen) atoms. The van der Waals surface area contributed by atoms with Gasteiger partial charge in [-0.05, 0) is 0 Å². The second kappa shape index (κ2) is 5.56. The Hall–Kier alpha value is -0.290. The Balaban J connectivity index is 4.76. The highest BCUT2D eigenvalue weighted by Gasteiger charge is 2.34. The first kappa shape index (κ1) is 13.7. The minimum absolute atomic E-state index is 0.810. The van der Waals surface area contributed by atoms with E-state index in [2.05, 4.69) is 9.05 Å². The van der Waals surface area contributed by atoms with E-state index in [0.717, 1.165) is 0 Å². The lowest BCUT2D eigenvalue weighted by atomic mass is 10.3. The predicted octanol–water partition coefficient (Wildman–Crippen LogP) is -0.701. The number of rotatable bonds is 4. The van der Waals surface area contributed by atoms with Crippen LogP contribution in [0.4, 0.5) is 0 Å². The third-order valence-corrected chi connectivity index (χ3v) is 2.80. The molecule has 0 heterocycles. The van der Waals surface area contributed by atoms with Gasteiger partial charge in [-0.2, -0.15) is 8.42 Å². The minimum Gasteiger partial charge on any atom is -0.451 e. The highest BCUT2D eigenvalue weighted by Crippen LogP contribution is 2.10. The standard InChI is InChI=1S/C4H8O7P2S/c5-3(10-12)1-2(4(6)11-13)14(7,8)9/h2H,1,12-13H2,(H,7,8,9). The summed E-state index contributed by atoms with van der Waals surface area (Å²) in [6, 6.07) is 0. The third kappa shape index (κ3) is 4.28. The van der Waals surface area contributed by atoms with Crippen LogP contribution in [0.1, 0.15) is 6.42 Å². The van der Waals surface area contributed by atoms with Gasteiger partial charge in [-0.3, -0.25) is 14.1 Å². The predicted molar refractivity (Wildman–Crippen MR) is 51.6 cm³/mol. The second-order valence-electron chi connectivity index (χ2n) is 2.13. The Morgan fingerprint density at radius 2 is 1.79 bits per heavy atom. The van der Waals surface area contributed by atoms with Crippen LogP contribution in [-0.2, 0) is 28.8 Å². The van der Waals surface area contributed by atoms with Gasteiger partial charge in [0, 0.05) is 0 Å². The molecule has 0 saturated heterocycles. The van der Waals surface area contributed by atoms with Crippen molar-refractivity contribution in [2.45, 2.75) is 11.7 Å². The monoisotopic (exact) mass is 262 g/mol. The molecule has 0 aliphatic heterocycles. The van der Waals surface area contributed by atoms with Crippen LogP contribution in [0.15, 0.2) is 0 Å². The van der Waals surface area contributed by atoms with Crippen molar-refractivity contribution in [1.82, 2.24) is 0 Å². The van der Waals surface area contributed by atoms with Gasteiger partial charge in [-0.25, -0.2) is 0 Å². The van der Waals surface area contributed by atoms with Gasteiger partial charge in [0.15, 0.2) is 5.25 Å². The minimum atomic E-state index is -4.68. The molecule has 3 atom stereocenters. The molecule has 10 heteroatoms. The molecule has 0 aromatic carbocycles. The molecule has 0 spiro atoms. The quantitative estimate of drug-likeness (QED) is 0.527. The molecule has 1 N–H and O–H groups in total. The van der Waals surface area contributed by atoms with Gasteiger partial charge in [0.05, 0.1) is 25.4 Å². The summed E-state index contributed by atoms with van der Waals surface area (Å²) in [5.74, 6) is -2.24. The molecule has 0 aromatic rings. The van der Waals surface area contributed by atoms with Gasteiger partial charge in [-0.15, -0.1) is 0 Å². The fourth-order valence-electron chi connectivity index (χ4n) is 0.586. The Labute approximate surface area is 84.8 Å². The van der Waals surface area contributed by atoms with E-state index in [9.17, 15) is 18.0 Å². The summed E-state index contributed by atoms with van der Waals surface area (Å²) in [6.45, 7) is 0. The highest BCUT2D eigenvalue weighted by atomic mass is 32.2. The SMILES string of the molecule is O=C(CC(C(=O)OP)S(=O)(=O)O)OP. The zero-order valence-corrected chi connectivity index (χ0v) is 9.87. The molecule has 0 amide bonds.